The van der Waals surface area contributed by atoms with Gasteiger partial charge in [-0.25, -0.2) is 8.42 Å². The van der Waals surface area contributed by atoms with Crippen LogP contribution in [-0.2, 0) is 14.8 Å². The summed E-state index contributed by atoms with van der Waals surface area (Å²) in [7, 11) is -3.50. The van der Waals surface area contributed by atoms with Crippen LogP contribution in [0.15, 0.2) is 0 Å². The fourth-order valence-corrected chi connectivity index (χ4v) is 3.64. The van der Waals surface area contributed by atoms with Gasteiger partial charge in [0.05, 0.1) is 11.2 Å². The van der Waals surface area contributed by atoms with Gasteiger partial charge in [-0.2, -0.15) is 0 Å². The molecule has 0 saturated heterocycles. The Balaban J connectivity index is 2.78. The zero-order valence-electron chi connectivity index (χ0n) is 11.1. The Morgan fingerprint density at radius 2 is 1.78 bits per heavy atom. The van der Waals surface area contributed by atoms with Gasteiger partial charge in [0, 0.05) is 6.54 Å². The van der Waals surface area contributed by atoms with Crippen molar-refractivity contribution >= 4 is 15.9 Å². The summed E-state index contributed by atoms with van der Waals surface area (Å²) in [6.45, 7) is 1.99. The average Bonchev–Trinajstić information content (AvgIpc) is 2.54. The molecule has 0 atom stereocenters. The highest BCUT2D eigenvalue weighted by atomic mass is 32.2. The summed E-state index contributed by atoms with van der Waals surface area (Å²) in [4.78, 5) is 12.2. The van der Waals surface area contributed by atoms with Crippen molar-refractivity contribution in [2.45, 2.75) is 51.9 Å². The van der Waals surface area contributed by atoms with Gasteiger partial charge >= 0.3 is 0 Å². The van der Waals surface area contributed by atoms with E-state index in [9.17, 15) is 13.2 Å². The predicted molar refractivity (Wildman–Crippen MR) is 71.4 cm³/mol. The molecule has 0 aromatic rings. The Morgan fingerprint density at radius 1 is 1.22 bits per heavy atom. The van der Waals surface area contributed by atoms with E-state index < -0.39 is 21.3 Å². The molecule has 0 bridgehead atoms. The summed E-state index contributed by atoms with van der Waals surface area (Å²) in [5, 5.41) is 0. The fourth-order valence-electron chi connectivity index (χ4n) is 2.50. The molecule has 1 saturated carbocycles. The van der Waals surface area contributed by atoms with Gasteiger partial charge in [0.15, 0.2) is 0 Å². The summed E-state index contributed by atoms with van der Waals surface area (Å²) in [5.41, 5.74) is 5.06. The smallest absolute Gasteiger partial charge is 0.240 e. The second kappa shape index (κ2) is 6.52. The summed E-state index contributed by atoms with van der Waals surface area (Å²) < 4.78 is 25.5. The van der Waals surface area contributed by atoms with Crippen LogP contribution in [0.5, 0.6) is 0 Å². The van der Waals surface area contributed by atoms with Crippen molar-refractivity contribution < 1.29 is 13.2 Å². The summed E-state index contributed by atoms with van der Waals surface area (Å²) in [6.07, 6.45) is 5.95. The molecule has 1 rings (SSSR count). The lowest BCUT2D eigenvalue weighted by Crippen LogP contribution is -2.48. The van der Waals surface area contributed by atoms with E-state index in [0.29, 0.717) is 19.3 Å². The molecule has 6 heteroatoms. The fraction of sp³-hybridized carbons (Fsp3) is 0.917. The summed E-state index contributed by atoms with van der Waals surface area (Å²) in [6, 6.07) is 0. The quantitative estimate of drug-likeness (QED) is 0.737. The van der Waals surface area contributed by atoms with E-state index in [4.69, 9.17) is 5.73 Å². The highest BCUT2D eigenvalue weighted by Crippen LogP contribution is 2.34. The van der Waals surface area contributed by atoms with Crippen LogP contribution in [0, 0.1) is 5.41 Å². The van der Waals surface area contributed by atoms with Crippen LogP contribution in [0.3, 0.4) is 0 Å². The predicted octanol–water partition coefficient (Wildman–Crippen LogP) is 1.14. The van der Waals surface area contributed by atoms with Gasteiger partial charge in [-0.15, -0.1) is 0 Å². The molecule has 1 aliphatic carbocycles. The molecule has 1 amide bonds. The molecule has 18 heavy (non-hydrogen) atoms. The molecule has 0 aromatic carbocycles. The minimum absolute atomic E-state index is 0.0145. The molecule has 0 unspecified atom stereocenters. The van der Waals surface area contributed by atoms with E-state index in [2.05, 4.69) is 4.72 Å². The number of nitrogens with one attached hydrogen (secondary N) is 1. The third kappa shape index (κ3) is 3.95. The van der Waals surface area contributed by atoms with Crippen molar-refractivity contribution in [3.8, 4) is 0 Å². The first-order valence-corrected chi connectivity index (χ1v) is 8.36. The van der Waals surface area contributed by atoms with E-state index in [0.717, 1.165) is 25.7 Å². The molecule has 5 nitrogen and oxygen atoms in total. The Hall–Kier alpha value is -0.620. The van der Waals surface area contributed by atoms with Gasteiger partial charge in [0.1, 0.15) is 0 Å². The van der Waals surface area contributed by atoms with Crippen LogP contribution in [0.25, 0.3) is 0 Å². The first-order chi connectivity index (χ1) is 8.46. The minimum atomic E-state index is -3.50. The first-order valence-electron chi connectivity index (χ1n) is 6.71. The Bertz CT molecular complexity index is 371. The molecule has 1 fully saturated rings. The van der Waals surface area contributed by atoms with E-state index in [1.165, 1.54) is 0 Å². The highest BCUT2D eigenvalue weighted by molar-refractivity contribution is 7.90. The second-order valence-electron chi connectivity index (χ2n) is 5.15. The number of nitrogens with two attached hydrogens (primary N) is 1. The zero-order chi connectivity index (χ0) is 13.6. The van der Waals surface area contributed by atoms with Gasteiger partial charge in [-0.05, 0) is 19.3 Å². The molecule has 0 aliphatic heterocycles. The molecule has 0 aromatic heterocycles. The lowest BCUT2D eigenvalue weighted by Gasteiger charge is -2.29. The van der Waals surface area contributed by atoms with Crippen LogP contribution in [0.1, 0.15) is 51.9 Å². The summed E-state index contributed by atoms with van der Waals surface area (Å²) >= 11 is 0. The minimum Gasteiger partial charge on any atom is -0.329 e. The van der Waals surface area contributed by atoms with Crippen molar-refractivity contribution in [3.05, 3.63) is 0 Å². The second-order valence-corrected chi connectivity index (χ2v) is 6.99. The van der Waals surface area contributed by atoms with Crippen molar-refractivity contribution in [2.75, 3.05) is 12.3 Å². The molecular formula is C12H24N2O3S. The zero-order valence-corrected chi connectivity index (χ0v) is 11.9. The Morgan fingerprint density at radius 3 is 2.22 bits per heavy atom. The molecule has 1 aliphatic rings. The molecule has 3 N–H and O–H groups in total. The van der Waals surface area contributed by atoms with Crippen LogP contribution in [-0.4, -0.2) is 26.6 Å². The molecule has 0 spiro atoms. The standard InChI is InChI=1S/C12H24N2O3S/c1-2-9-18(16,17)14-11(15)12(10-13)7-5-3-4-6-8-12/h2-10,13H2,1H3,(H,14,15). The third-order valence-corrected chi connectivity index (χ3v) is 5.10. The van der Waals surface area contributed by atoms with Crippen molar-refractivity contribution in [3.63, 3.8) is 0 Å². The topological polar surface area (TPSA) is 89.3 Å². The average molecular weight is 276 g/mol. The highest BCUT2D eigenvalue weighted by Gasteiger charge is 2.38. The van der Waals surface area contributed by atoms with Crippen molar-refractivity contribution in [1.82, 2.24) is 4.72 Å². The molecule has 0 radical (unpaired) electrons. The monoisotopic (exact) mass is 276 g/mol. The van der Waals surface area contributed by atoms with E-state index in [-0.39, 0.29) is 12.3 Å². The lowest BCUT2D eigenvalue weighted by molar-refractivity contribution is -0.129. The van der Waals surface area contributed by atoms with Crippen LogP contribution in [0.4, 0.5) is 0 Å². The maximum atomic E-state index is 12.2. The number of sulfonamides is 1. The number of rotatable bonds is 5. The third-order valence-electron chi connectivity index (χ3n) is 3.65. The van der Waals surface area contributed by atoms with Gasteiger partial charge in [-0.3, -0.25) is 9.52 Å². The van der Waals surface area contributed by atoms with Crippen molar-refractivity contribution in [1.29, 1.82) is 0 Å². The number of amides is 1. The summed E-state index contributed by atoms with van der Waals surface area (Å²) in [5.74, 6) is -0.417. The lowest BCUT2D eigenvalue weighted by atomic mass is 9.80. The van der Waals surface area contributed by atoms with Gasteiger partial charge in [-0.1, -0.05) is 32.6 Å². The molecule has 106 valence electrons. The largest absolute Gasteiger partial charge is 0.329 e. The van der Waals surface area contributed by atoms with Crippen LogP contribution in [0.2, 0.25) is 0 Å². The Kier molecular flexibility index (Phi) is 5.59. The normalized spacial score (nSPS) is 20.1. The van der Waals surface area contributed by atoms with E-state index >= 15 is 0 Å². The molecule has 0 heterocycles. The van der Waals surface area contributed by atoms with E-state index in [1.54, 1.807) is 6.92 Å². The van der Waals surface area contributed by atoms with Gasteiger partial charge < -0.3 is 5.73 Å². The van der Waals surface area contributed by atoms with Crippen LogP contribution >= 0.6 is 0 Å². The Labute approximate surface area is 110 Å². The van der Waals surface area contributed by atoms with Gasteiger partial charge in [0.25, 0.3) is 0 Å². The van der Waals surface area contributed by atoms with Gasteiger partial charge in [0.2, 0.25) is 15.9 Å². The number of hydrogen-bond donors (Lipinski definition) is 2. The van der Waals surface area contributed by atoms with Crippen LogP contribution < -0.4 is 10.5 Å². The maximum absolute atomic E-state index is 12.2. The SMILES string of the molecule is CCCS(=O)(=O)NC(=O)C1(CN)CCCCCC1. The first kappa shape index (κ1) is 15.4. The van der Waals surface area contributed by atoms with Crippen molar-refractivity contribution in [2.24, 2.45) is 11.1 Å². The number of carbonyl (C=O) groups excluding carboxylic acids is 1. The van der Waals surface area contributed by atoms with E-state index in [1.807, 2.05) is 0 Å². The maximum Gasteiger partial charge on any atom is 0.240 e. The number of carbonyl (C=O) groups is 1. The number of hydrogen-bond acceptors (Lipinski definition) is 4. The molecular weight excluding hydrogens is 252 g/mol.